The Labute approximate surface area is 219 Å². The van der Waals surface area contributed by atoms with Crippen molar-refractivity contribution >= 4 is 40.5 Å². The predicted octanol–water partition coefficient (Wildman–Crippen LogP) is 5.83. The van der Waals surface area contributed by atoms with Gasteiger partial charge in [0.05, 0.1) is 6.61 Å². The molecule has 6 nitrogen and oxygen atoms in total. The van der Waals surface area contributed by atoms with Crippen LogP contribution < -0.4 is 20.7 Å². The molecule has 186 valence electrons. The Balaban J connectivity index is 1.27. The van der Waals surface area contributed by atoms with Gasteiger partial charge in [0.1, 0.15) is 11.6 Å². The Morgan fingerprint density at radius 3 is 2.19 bits per heavy atom. The summed E-state index contributed by atoms with van der Waals surface area (Å²) in [6.45, 7) is 0.532. The molecule has 0 aliphatic rings. The van der Waals surface area contributed by atoms with Crippen LogP contribution in [0.2, 0.25) is 0 Å². The normalized spacial score (nSPS) is 10.3. The number of halogens is 1. The SMILES string of the molecule is O=C(NC(=S)Nc1cccc(C(=O)Nc2ccc(F)cc2)c1)c1ccc(OCCc2ccccc2)cc1. The average molecular weight is 514 g/mol. The molecular weight excluding hydrogens is 489 g/mol. The fourth-order valence-electron chi connectivity index (χ4n) is 3.45. The Morgan fingerprint density at radius 2 is 1.46 bits per heavy atom. The number of hydrogen-bond acceptors (Lipinski definition) is 4. The lowest BCUT2D eigenvalue weighted by Gasteiger charge is -2.12. The van der Waals surface area contributed by atoms with Crippen molar-refractivity contribution < 1.29 is 18.7 Å². The van der Waals surface area contributed by atoms with Gasteiger partial charge in [-0.1, -0.05) is 36.4 Å². The van der Waals surface area contributed by atoms with Gasteiger partial charge in [0.25, 0.3) is 11.8 Å². The van der Waals surface area contributed by atoms with E-state index in [4.69, 9.17) is 17.0 Å². The smallest absolute Gasteiger partial charge is 0.257 e. The first kappa shape index (κ1) is 25.5. The fraction of sp³-hybridized carbons (Fsp3) is 0.0690. The van der Waals surface area contributed by atoms with Crippen LogP contribution in [0.5, 0.6) is 5.75 Å². The van der Waals surface area contributed by atoms with Crippen LogP contribution in [-0.2, 0) is 6.42 Å². The highest BCUT2D eigenvalue weighted by Crippen LogP contribution is 2.15. The summed E-state index contributed by atoms with van der Waals surface area (Å²) in [7, 11) is 0. The second-order valence-electron chi connectivity index (χ2n) is 8.06. The molecule has 8 heteroatoms. The third-order valence-electron chi connectivity index (χ3n) is 5.33. The fourth-order valence-corrected chi connectivity index (χ4v) is 3.66. The van der Waals surface area contributed by atoms with Crippen LogP contribution in [0.25, 0.3) is 0 Å². The van der Waals surface area contributed by atoms with Gasteiger partial charge < -0.3 is 15.4 Å². The van der Waals surface area contributed by atoms with Gasteiger partial charge in [-0.05, 0) is 84.5 Å². The minimum absolute atomic E-state index is 0.0873. The van der Waals surface area contributed by atoms with Crippen LogP contribution in [0.1, 0.15) is 26.3 Å². The standard InChI is InChI=1S/C29H24FN3O3S/c30-23-11-13-24(14-12-23)31-28(35)22-7-4-8-25(19-22)32-29(37)33-27(34)21-9-15-26(16-10-21)36-18-17-20-5-2-1-3-6-20/h1-16,19H,17-18H2,(H,31,35)(H2,32,33,34,37). The van der Waals surface area contributed by atoms with Crippen molar-refractivity contribution in [3.63, 3.8) is 0 Å². The number of ether oxygens (including phenoxy) is 1. The average Bonchev–Trinajstić information content (AvgIpc) is 2.91. The number of hydrogen-bond donors (Lipinski definition) is 3. The van der Waals surface area contributed by atoms with Gasteiger partial charge >= 0.3 is 0 Å². The molecule has 0 atom stereocenters. The van der Waals surface area contributed by atoms with Crippen LogP contribution in [0.3, 0.4) is 0 Å². The molecule has 0 aliphatic heterocycles. The van der Waals surface area contributed by atoms with E-state index in [9.17, 15) is 14.0 Å². The van der Waals surface area contributed by atoms with Crippen LogP contribution in [0, 0.1) is 5.82 Å². The van der Waals surface area contributed by atoms with E-state index in [-0.39, 0.29) is 22.7 Å². The van der Waals surface area contributed by atoms with Crippen molar-refractivity contribution in [3.05, 3.63) is 126 Å². The van der Waals surface area contributed by atoms with Crippen molar-refractivity contribution in [1.82, 2.24) is 5.32 Å². The molecule has 0 fully saturated rings. The molecule has 2 amide bonds. The van der Waals surface area contributed by atoms with Gasteiger partial charge in [0.15, 0.2) is 5.11 Å². The number of nitrogens with one attached hydrogen (secondary N) is 3. The monoisotopic (exact) mass is 513 g/mol. The van der Waals surface area contributed by atoms with Gasteiger partial charge in [0, 0.05) is 28.9 Å². The van der Waals surface area contributed by atoms with Crippen LogP contribution in [-0.4, -0.2) is 23.5 Å². The first-order valence-electron chi connectivity index (χ1n) is 11.5. The second kappa shape index (κ2) is 12.4. The third-order valence-corrected chi connectivity index (χ3v) is 5.53. The number of benzene rings is 4. The lowest BCUT2D eigenvalue weighted by atomic mass is 10.1. The number of carbonyl (C=O) groups is 2. The zero-order chi connectivity index (χ0) is 26.0. The highest BCUT2D eigenvalue weighted by molar-refractivity contribution is 7.80. The number of amides is 2. The minimum Gasteiger partial charge on any atom is -0.493 e. The molecule has 3 N–H and O–H groups in total. The number of rotatable bonds is 8. The molecule has 4 aromatic carbocycles. The maximum Gasteiger partial charge on any atom is 0.257 e. The van der Waals surface area contributed by atoms with E-state index in [2.05, 4.69) is 16.0 Å². The lowest BCUT2D eigenvalue weighted by Crippen LogP contribution is -2.34. The van der Waals surface area contributed by atoms with Crippen LogP contribution >= 0.6 is 12.2 Å². The first-order valence-corrected chi connectivity index (χ1v) is 11.9. The maximum absolute atomic E-state index is 13.1. The highest BCUT2D eigenvalue weighted by Gasteiger charge is 2.11. The number of thiocarbonyl (C=S) groups is 1. The summed E-state index contributed by atoms with van der Waals surface area (Å²) in [6.07, 6.45) is 0.790. The van der Waals surface area contributed by atoms with E-state index in [0.29, 0.717) is 34.9 Å². The van der Waals surface area contributed by atoms with Crippen molar-refractivity contribution in [2.75, 3.05) is 17.2 Å². The first-order chi connectivity index (χ1) is 18.0. The Kier molecular flexibility index (Phi) is 8.57. The molecular formula is C29H24FN3O3S. The molecule has 0 unspecified atom stereocenters. The van der Waals surface area contributed by atoms with Gasteiger partial charge in [-0.2, -0.15) is 0 Å². The van der Waals surface area contributed by atoms with E-state index in [1.54, 1.807) is 48.5 Å². The molecule has 4 rings (SSSR count). The Morgan fingerprint density at radius 1 is 0.730 bits per heavy atom. The summed E-state index contributed by atoms with van der Waals surface area (Å²) in [4.78, 5) is 25.1. The zero-order valence-corrected chi connectivity index (χ0v) is 20.6. The van der Waals surface area contributed by atoms with Gasteiger partial charge in [-0.25, -0.2) is 4.39 Å². The van der Waals surface area contributed by atoms with Crippen molar-refractivity contribution in [2.45, 2.75) is 6.42 Å². The third kappa shape index (κ3) is 7.71. The molecule has 0 spiro atoms. The highest BCUT2D eigenvalue weighted by atomic mass is 32.1. The van der Waals surface area contributed by atoms with Gasteiger partial charge in [-0.3, -0.25) is 14.9 Å². The van der Waals surface area contributed by atoms with Crippen molar-refractivity contribution in [1.29, 1.82) is 0 Å². The van der Waals surface area contributed by atoms with Crippen molar-refractivity contribution in [2.24, 2.45) is 0 Å². The summed E-state index contributed by atoms with van der Waals surface area (Å²) < 4.78 is 18.8. The van der Waals surface area contributed by atoms with E-state index in [1.165, 1.54) is 29.8 Å². The van der Waals surface area contributed by atoms with Crippen LogP contribution in [0.15, 0.2) is 103 Å². The molecule has 0 saturated carbocycles. The summed E-state index contributed by atoms with van der Waals surface area (Å²) >= 11 is 5.26. The lowest BCUT2D eigenvalue weighted by molar-refractivity contribution is 0.0976. The number of carbonyl (C=O) groups excluding carboxylic acids is 2. The van der Waals surface area contributed by atoms with Crippen LogP contribution in [0.4, 0.5) is 15.8 Å². The zero-order valence-electron chi connectivity index (χ0n) is 19.7. The maximum atomic E-state index is 13.1. The molecule has 0 aliphatic carbocycles. The van der Waals surface area contributed by atoms with Crippen molar-refractivity contribution in [3.8, 4) is 5.75 Å². The molecule has 4 aromatic rings. The van der Waals surface area contributed by atoms with E-state index >= 15 is 0 Å². The molecule has 0 saturated heterocycles. The summed E-state index contributed by atoms with van der Waals surface area (Å²) in [5, 5.41) is 8.32. The summed E-state index contributed by atoms with van der Waals surface area (Å²) in [6, 6.07) is 29.0. The quantitative estimate of drug-likeness (QED) is 0.259. The molecule has 0 radical (unpaired) electrons. The largest absolute Gasteiger partial charge is 0.493 e. The predicted molar refractivity (Wildman–Crippen MR) is 147 cm³/mol. The molecule has 0 bridgehead atoms. The Bertz CT molecular complexity index is 1380. The molecule has 0 aromatic heterocycles. The summed E-state index contributed by atoms with van der Waals surface area (Å²) in [5.74, 6) is -0.457. The number of anilines is 2. The second-order valence-corrected chi connectivity index (χ2v) is 8.47. The topological polar surface area (TPSA) is 79.5 Å². The Hall–Kier alpha value is -4.56. The van der Waals surface area contributed by atoms with Gasteiger partial charge in [-0.15, -0.1) is 0 Å². The summed E-state index contributed by atoms with van der Waals surface area (Å²) in [5.41, 5.74) is 2.98. The van der Waals surface area contributed by atoms with E-state index < -0.39 is 0 Å². The van der Waals surface area contributed by atoms with Gasteiger partial charge in [0.2, 0.25) is 0 Å². The molecule has 37 heavy (non-hydrogen) atoms. The van der Waals surface area contributed by atoms with E-state index in [1.807, 2.05) is 30.3 Å². The molecule has 0 heterocycles. The van der Waals surface area contributed by atoms with E-state index in [0.717, 1.165) is 6.42 Å². The minimum atomic E-state index is -0.386.